The Hall–Kier alpha value is -2.94. The quantitative estimate of drug-likeness (QED) is 0.520. The van der Waals surface area contributed by atoms with Gasteiger partial charge in [-0.1, -0.05) is 23.7 Å². The summed E-state index contributed by atoms with van der Waals surface area (Å²) in [4.78, 5) is 19.9. The second kappa shape index (κ2) is 5.28. The molecule has 0 radical (unpaired) electrons. The lowest BCUT2D eigenvalue weighted by Gasteiger charge is -2.09. The van der Waals surface area contributed by atoms with Gasteiger partial charge in [0.1, 0.15) is 0 Å². The fourth-order valence-electron chi connectivity index (χ4n) is 2.48. The minimum absolute atomic E-state index is 0.0912. The Morgan fingerprint density at radius 3 is 2.60 bits per heavy atom. The molecule has 0 N–H and O–H groups in total. The highest BCUT2D eigenvalue weighted by Gasteiger charge is 2.36. The Labute approximate surface area is 142 Å². The second-order valence-electron chi connectivity index (χ2n) is 5.14. The molecule has 126 valence electrons. The molecule has 0 unspecified atom stereocenters. The number of benzene rings is 1. The molecule has 0 aliphatic rings. The highest BCUT2D eigenvalue weighted by atomic mass is 35.5. The number of hydrogen-bond acceptors (Lipinski definition) is 4. The molecule has 0 saturated heterocycles. The van der Waals surface area contributed by atoms with Crippen molar-refractivity contribution >= 4 is 28.3 Å². The van der Waals surface area contributed by atoms with Gasteiger partial charge in [-0.05, 0) is 18.2 Å². The first-order valence-corrected chi connectivity index (χ1v) is 7.33. The van der Waals surface area contributed by atoms with Gasteiger partial charge >= 0.3 is 6.18 Å². The predicted molar refractivity (Wildman–Crippen MR) is 83.9 cm³/mol. The standard InChI is InChI=1S/C15H7ClF3N5O/c16-9-3-1-2-4-11(9)23-6-5-10-8(12(23)25)7-20-14-21-13(15(17,18)19)22-24(10)14/h1-7H. The Balaban J connectivity index is 2.01. The summed E-state index contributed by atoms with van der Waals surface area (Å²) < 4.78 is 40.6. The van der Waals surface area contributed by atoms with E-state index in [2.05, 4.69) is 15.1 Å². The molecule has 0 aliphatic carbocycles. The summed E-state index contributed by atoms with van der Waals surface area (Å²) >= 11 is 6.10. The van der Waals surface area contributed by atoms with Crippen LogP contribution in [0, 0.1) is 0 Å². The van der Waals surface area contributed by atoms with E-state index in [9.17, 15) is 18.0 Å². The number of aromatic nitrogens is 5. The molecule has 25 heavy (non-hydrogen) atoms. The van der Waals surface area contributed by atoms with E-state index in [1.807, 2.05) is 0 Å². The Bertz CT molecular complexity index is 1180. The molecule has 0 amide bonds. The van der Waals surface area contributed by atoms with Crippen molar-refractivity contribution < 1.29 is 13.2 Å². The Kier molecular flexibility index (Phi) is 3.29. The van der Waals surface area contributed by atoms with Crippen LogP contribution in [0.25, 0.3) is 22.4 Å². The number of fused-ring (bicyclic) bond motifs is 3. The van der Waals surface area contributed by atoms with Crippen molar-refractivity contribution in [1.82, 2.24) is 24.1 Å². The number of pyridine rings is 1. The van der Waals surface area contributed by atoms with Crippen LogP contribution in [0.4, 0.5) is 13.2 Å². The Morgan fingerprint density at radius 2 is 1.88 bits per heavy atom. The number of para-hydroxylation sites is 1. The maximum Gasteiger partial charge on any atom is 0.453 e. The molecule has 10 heteroatoms. The summed E-state index contributed by atoms with van der Waals surface area (Å²) in [5.74, 6) is -1.56. The van der Waals surface area contributed by atoms with Crippen LogP contribution >= 0.6 is 11.6 Å². The van der Waals surface area contributed by atoms with Gasteiger partial charge in [-0.3, -0.25) is 9.36 Å². The van der Waals surface area contributed by atoms with Crippen molar-refractivity contribution in [2.75, 3.05) is 0 Å². The lowest BCUT2D eigenvalue weighted by molar-refractivity contribution is -0.144. The van der Waals surface area contributed by atoms with Gasteiger partial charge in [0.15, 0.2) is 0 Å². The average Bonchev–Trinajstić information content (AvgIpc) is 3.01. The number of nitrogens with zero attached hydrogens (tertiary/aromatic N) is 5. The number of halogens is 4. The number of rotatable bonds is 1. The third-order valence-electron chi connectivity index (χ3n) is 3.60. The van der Waals surface area contributed by atoms with Gasteiger partial charge < -0.3 is 0 Å². The minimum Gasteiger partial charge on any atom is -0.282 e. The number of hydrogen-bond donors (Lipinski definition) is 0. The average molecular weight is 366 g/mol. The lowest BCUT2D eigenvalue weighted by atomic mass is 10.2. The number of alkyl halides is 3. The van der Waals surface area contributed by atoms with Crippen LogP contribution in [-0.2, 0) is 6.18 Å². The lowest BCUT2D eigenvalue weighted by Crippen LogP contribution is -2.19. The summed E-state index contributed by atoms with van der Waals surface area (Å²) in [5, 5.41) is 3.87. The van der Waals surface area contributed by atoms with E-state index in [1.165, 1.54) is 23.0 Å². The van der Waals surface area contributed by atoms with Crippen LogP contribution in [0.1, 0.15) is 5.82 Å². The predicted octanol–water partition coefficient (Wildman–Crippen LogP) is 3.10. The van der Waals surface area contributed by atoms with E-state index in [-0.39, 0.29) is 16.7 Å². The fraction of sp³-hybridized carbons (Fsp3) is 0.0667. The summed E-state index contributed by atoms with van der Waals surface area (Å²) in [6.07, 6.45) is -2.11. The normalized spacial score (nSPS) is 12.2. The first-order valence-electron chi connectivity index (χ1n) is 6.95. The van der Waals surface area contributed by atoms with Crippen LogP contribution in [0.5, 0.6) is 0 Å². The van der Waals surface area contributed by atoms with Gasteiger partial charge in [0, 0.05) is 12.4 Å². The van der Waals surface area contributed by atoms with Gasteiger partial charge in [-0.15, -0.1) is 5.10 Å². The third-order valence-corrected chi connectivity index (χ3v) is 3.92. The molecule has 0 fully saturated rings. The minimum atomic E-state index is -4.70. The van der Waals surface area contributed by atoms with Gasteiger partial charge in [0.2, 0.25) is 0 Å². The van der Waals surface area contributed by atoms with Crippen LogP contribution in [0.3, 0.4) is 0 Å². The molecular weight excluding hydrogens is 359 g/mol. The second-order valence-corrected chi connectivity index (χ2v) is 5.55. The zero-order valence-electron chi connectivity index (χ0n) is 12.2. The molecule has 0 bridgehead atoms. The van der Waals surface area contributed by atoms with E-state index in [1.54, 1.807) is 24.3 Å². The highest BCUT2D eigenvalue weighted by Crippen LogP contribution is 2.27. The zero-order valence-corrected chi connectivity index (χ0v) is 13.0. The van der Waals surface area contributed by atoms with Crippen LogP contribution in [-0.4, -0.2) is 24.1 Å². The Morgan fingerprint density at radius 1 is 1.12 bits per heavy atom. The fourth-order valence-corrected chi connectivity index (χ4v) is 2.70. The smallest absolute Gasteiger partial charge is 0.282 e. The molecule has 3 heterocycles. The molecule has 0 aliphatic heterocycles. The summed E-state index contributed by atoms with van der Waals surface area (Å²) in [7, 11) is 0. The van der Waals surface area contributed by atoms with E-state index in [0.29, 0.717) is 10.7 Å². The van der Waals surface area contributed by atoms with Crippen LogP contribution in [0.2, 0.25) is 5.02 Å². The van der Waals surface area contributed by atoms with E-state index in [0.717, 1.165) is 4.52 Å². The zero-order chi connectivity index (χ0) is 17.8. The van der Waals surface area contributed by atoms with Gasteiger partial charge in [-0.25, -0.2) is 4.98 Å². The summed E-state index contributed by atoms with van der Waals surface area (Å²) in [6.45, 7) is 0. The molecule has 6 nitrogen and oxygen atoms in total. The maximum atomic E-state index is 12.8. The monoisotopic (exact) mass is 365 g/mol. The third kappa shape index (κ3) is 2.43. The van der Waals surface area contributed by atoms with Crippen LogP contribution < -0.4 is 5.56 Å². The molecular formula is C15H7ClF3N5O. The SMILES string of the molecule is O=c1c2cnc3nc(C(F)(F)F)nn3c2ccn1-c1ccccc1Cl. The molecule has 4 rings (SSSR count). The molecule has 1 aromatic carbocycles. The molecule has 0 atom stereocenters. The molecule has 0 spiro atoms. The van der Waals surface area contributed by atoms with E-state index < -0.39 is 17.6 Å². The molecule has 0 saturated carbocycles. The van der Waals surface area contributed by atoms with Crippen molar-refractivity contribution in [3.8, 4) is 5.69 Å². The topological polar surface area (TPSA) is 65.1 Å². The summed E-state index contributed by atoms with van der Waals surface area (Å²) in [6, 6.07) is 8.17. The van der Waals surface area contributed by atoms with Crippen molar-refractivity contribution in [2.45, 2.75) is 6.18 Å². The van der Waals surface area contributed by atoms with E-state index >= 15 is 0 Å². The molecule has 3 aromatic heterocycles. The highest BCUT2D eigenvalue weighted by molar-refractivity contribution is 6.32. The van der Waals surface area contributed by atoms with Crippen molar-refractivity contribution in [3.05, 3.63) is 63.9 Å². The van der Waals surface area contributed by atoms with Crippen molar-refractivity contribution in [2.24, 2.45) is 0 Å². The van der Waals surface area contributed by atoms with Gasteiger partial charge in [0.25, 0.3) is 17.2 Å². The molecule has 4 aromatic rings. The largest absolute Gasteiger partial charge is 0.453 e. The van der Waals surface area contributed by atoms with Gasteiger partial charge in [-0.2, -0.15) is 22.7 Å². The van der Waals surface area contributed by atoms with Crippen molar-refractivity contribution in [3.63, 3.8) is 0 Å². The first kappa shape index (κ1) is 15.6. The maximum absolute atomic E-state index is 12.8. The summed E-state index contributed by atoms with van der Waals surface area (Å²) in [5.41, 5.74) is 0.135. The van der Waals surface area contributed by atoms with Crippen LogP contribution in [0.15, 0.2) is 47.5 Å². The van der Waals surface area contributed by atoms with Crippen molar-refractivity contribution in [1.29, 1.82) is 0 Å². The van der Waals surface area contributed by atoms with Gasteiger partial charge in [0.05, 0.1) is 21.6 Å². The van der Waals surface area contributed by atoms with E-state index in [4.69, 9.17) is 11.6 Å². The first-order chi connectivity index (χ1) is 11.9.